The predicted octanol–water partition coefficient (Wildman–Crippen LogP) is 7.14. The summed E-state index contributed by atoms with van der Waals surface area (Å²) in [5.74, 6) is 0. The van der Waals surface area contributed by atoms with Gasteiger partial charge in [0.05, 0.1) is 22.8 Å². The first-order valence-corrected chi connectivity index (χ1v) is 15.4. The van der Waals surface area contributed by atoms with Crippen molar-refractivity contribution < 1.29 is 4.57 Å². The molecule has 0 aliphatic carbocycles. The standard InChI is InChI=1S/C36H23N4OP/c41-42(27-14-17-32(39-22-27)30-8-1-3-20-37-30,28-15-18-33(40-23-28)31-9-2-4-21-38-31)34-19-13-26-11-10-24-6-5-7-25-12-16-29(34)36(26)35(24)25/h1-23H. The van der Waals surface area contributed by atoms with E-state index in [2.05, 4.69) is 58.5 Å². The van der Waals surface area contributed by atoms with E-state index in [9.17, 15) is 0 Å². The zero-order valence-electron chi connectivity index (χ0n) is 22.4. The van der Waals surface area contributed by atoms with E-state index in [0.717, 1.165) is 44.2 Å². The molecule has 0 radical (unpaired) electrons. The van der Waals surface area contributed by atoms with Gasteiger partial charge in [0.2, 0.25) is 0 Å². The van der Waals surface area contributed by atoms with Crippen molar-refractivity contribution in [2.24, 2.45) is 0 Å². The van der Waals surface area contributed by atoms with Gasteiger partial charge in [0, 0.05) is 40.7 Å². The quantitative estimate of drug-likeness (QED) is 0.166. The fourth-order valence-corrected chi connectivity index (χ4v) is 8.57. The molecule has 0 atom stereocenters. The van der Waals surface area contributed by atoms with E-state index in [1.54, 1.807) is 24.8 Å². The van der Waals surface area contributed by atoms with E-state index in [4.69, 9.17) is 9.97 Å². The maximum atomic E-state index is 15.7. The highest BCUT2D eigenvalue weighted by molar-refractivity contribution is 7.85. The highest BCUT2D eigenvalue weighted by Crippen LogP contribution is 2.46. The third kappa shape index (κ3) is 3.82. The summed E-state index contributed by atoms with van der Waals surface area (Å²) in [5, 5.41) is 8.80. The van der Waals surface area contributed by atoms with E-state index in [0.29, 0.717) is 10.6 Å². The van der Waals surface area contributed by atoms with Crippen molar-refractivity contribution in [1.29, 1.82) is 0 Å². The lowest BCUT2D eigenvalue weighted by Gasteiger charge is -2.23. The van der Waals surface area contributed by atoms with E-state index in [1.165, 1.54) is 16.2 Å². The molecule has 6 heteroatoms. The summed E-state index contributed by atoms with van der Waals surface area (Å²) in [6.07, 6.45) is 6.95. The number of pyridine rings is 4. The van der Waals surface area contributed by atoms with Crippen molar-refractivity contribution in [2.75, 3.05) is 0 Å². The lowest BCUT2D eigenvalue weighted by Crippen LogP contribution is -2.26. The third-order valence-corrected chi connectivity index (χ3v) is 11.0. The number of hydrogen-bond donors (Lipinski definition) is 0. The maximum absolute atomic E-state index is 15.7. The van der Waals surface area contributed by atoms with Crippen LogP contribution >= 0.6 is 7.14 Å². The molecule has 0 spiro atoms. The van der Waals surface area contributed by atoms with Crippen LogP contribution in [0.5, 0.6) is 0 Å². The van der Waals surface area contributed by atoms with Gasteiger partial charge in [-0.2, -0.15) is 0 Å². The van der Waals surface area contributed by atoms with Crippen molar-refractivity contribution in [2.45, 2.75) is 0 Å². The summed E-state index contributed by atoms with van der Waals surface area (Å²) in [6.45, 7) is 0. The molecule has 0 unspecified atom stereocenters. The zero-order chi connectivity index (χ0) is 28.1. The minimum Gasteiger partial charge on any atom is -0.308 e. The Labute approximate surface area is 242 Å². The Kier molecular flexibility index (Phi) is 5.66. The molecule has 0 aliphatic rings. The lowest BCUT2D eigenvalue weighted by atomic mass is 9.94. The van der Waals surface area contributed by atoms with E-state index >= 15 is 4.57 Å². The van der Waals surface area contributed by atoms with Crippen LogP contribution in [0.2, 0.25) is 0 Å². The van der Waals surface area contributed by atoms with Gasteiger partial charge < -0.3 is 4.57 Å². The van der Waals surface area contributed by atoms with Crippen molar-refractivity contribution in [3.8, 4) is 22.8 Å². The summed E-state index contributed by atoms with van der Waals surface area (Å²) in [5.41, 5.74) is 2.99. The molecule has 42 heavy (non-hydrogen) atoms. The second-order valence-corrected chi connectivity index (χ2v) is 13.0. The normalized spacial score (nSPS) is 11.9. The second kappa shape index (κ2) is 9.69. The molecule has 0 amide bonds. The number of hydrogen-bond acceptors (Lipinski definition) is 5. The molecule has 5 nitrogen and oxygen atoms in total. The van der Waals surface area contributed by atoms with Gasteiger partial charge in [-0.15, -0.1) is 0 Å². The molecular formula is C36H23N4OP. The largest absolute Gasteiger partial charge is 0.308 e. The van der Waals surface area contributed by atoms with Crippen LogP contribution in [-0.4, -0.2) is 19.9 Å². The average molecular weight is 559 g/mol. The molecule has 8 aromatic rings. The maximum Gasteiger partial charge on any atom is 0.174 e. The molecule has 4 heterocycles. The minimum absolute atomic E-state index is 0.643. The number of aromatic nitrogens is 4. The summed E-state index contributed by atoms with van der Waals surface area (Å²) >= 11 is 0. The van der Waals surface area contributed by atoms with Gasteiger partial charge in [-0.3, -0.25) is 19.9 Å². The third-order valence-electron chi connectivity index (χ3n) is 7.92. The first-order chi connectivity index (χ1) is 20.7. The van der Waals surface area contributed by atoms with Crippen LogP contribution in [0.1, 0.15) is 0 Å². The number of benzene rings is 4. The smallest absolute Gasteiger partial charge is 0.174 e. The monoisotopic (exact) mass is 558 g/mol. The topological polar surface area (TPSA) is 68.6 Å². The van der Waals surface area contributed by atoms with E-state index in [-0.39, 0.29) is 0 Å². The Morgan fingerprint density at radius 2 is 0.952 bits per heavy atom. The van der Waals surface area contributed by atoms with Gasteiger partial charge in [-0.1, -0.05) is 60.7 Å². The molecule has 4 aromatic carbocycles. The van der Waals surface area contributed by atoms with Crippen LogP contribution in [-0.2, 0) is 4.57 Å². The molecule has 0 saturated heterocycles. The minimum atomic E-state index is -3.42. The van der Waals surface area contributed by atoms with E-state index < -0.39 is 7.14 Å². The fraction of sp³-hybridized carbons (Fsp3) is 0. The first kappa shape index (κ1) is 24.5. The molecule has 0 saturated carbocycles. The highest BCUT2D eigenvalue weighted by atomic mass is 31.2. The van der Waals surface area contributed by atoms with Crippen LogP contribution in [0.4, 0.5) is 0 Å². The molecule has 0 aliphatic heterocycles. The summed E-state index contributed by atoms with van der Waals surface area (Å²) in [7, 11) is -3.42. The van der Waals surface area contributed by atoms with Gasteiger partial charge in [0.15, 0.2) is 7.14 Å². The second-order valence-electron chi connectivity index (χ2n) is 10.3. The summed E-state index contributed by atoms with van der Waals surface area (Å²) < 4.78 is 15.7. The Morgan fingerprint density at radius 3 is 1.48 bits per heavy atom. The van der Waals surface area contributed by atoms with Crippen molar-refractivity contribution in [3.63, 3.8) is 0 Å². The van der Waals surface area contributed by atoms with Gasteiger partial charge in [0.25, 0.3) is 0 Å². The molecule has 198 valence electrons. The molecular weight excluding hydrogens is 535 g/mol. The molecule has 0 N–H and O–H groups in total. The molecule has 4 aromatic heterocycles. The predicted molar refractivity (Wildman–Crippen MR) is 172 cm³/mol. The first-order valence-electron chi connectivity index (χ1n) is 13.7. The molecule has 0 fully saturated rings. The van der Waals surface area contributed by atoms with Gasteiger partial charge >= 0.3 is 0 Å². The fourth-order valence-electron chi connectivity index (χ4n) is 5.90. The number of nitrogens with zero attached hydrogens (tertiary/aromatic N) is 4. The zero-order valence-corrected chi connectivity index (χ0v) is 23.3. The Morgan fingerprint density at radius 1 is 0.429 bits per heavy atom. The van der Waals surface area contributed by atoms with Crippen LogP contribution in [0.25, 0.3) is 55.1 Å². The average Bonchev–Trinajstić information content (AvgIpc) is 3.08. The van der Waals surface area contributed by atoms with Crippen molar-refractivity contribution in [3.05, 3.63) is 140 Å². The summed E-state index contributed by atoms with van der Waals surface area (Å²) in [4.78, 5) is 18.3. The van der Waals surface area contributed by atoms with Crippen LogP contribution < -0.4 is 15.9 Å². The lowest BCUT2D eigenvalue weighted by molar-refractivity contribution is 0.592. The van der Waals surface area contributed by atoms with Crippen molar-refractivity contribution >= 4 is 55.4 Å². The van der Waals surface area contributed by atoms with E-state index in [1.807, 2.05) is 66.7 Å². The molecule has 0 bridgehead atoms. The molecule has 8 rings (SSSR count). The summed E-state index contributed by atoms with van der Waals surface area (Å²) in [6, 6.07) is 38.1. The van der Waals surface area contributed by atoms with Gasteiger partial charge in [-0.25, -0.2) is 0 Å². The Balaban J connectivity index is 1.37. The van der Waals surface area contributed by atoms with Gasteiger partial charge in [0.1, 0.15) is 0 Å². The Hall–Kier alpha value is -5.25. The highest BCUT2D eigenvalue weighted by Gasteiger charge is 2.33. The van der Waals surface area contributed by atoms with Crippen LogP contribution in [0, 0.1) is 0 Å². The Bertz CT molecular complexity index is 2150. The van der Waals surface area contributed by atoms with Crippen LogP contribution in [0.3, 0.4) is 0 Å². The van der Waals surface area contributed by atoms with Crippen molar-refractivity contribution in [1.82, 2.24) is 19.9 Å². The number of rotatable bonds is 5. The van der Waals surface area contributed by atoms with Crippen LogP contribution in [0.15, 0.2) is 140 Å². The van der Waals surface area contributed by atoms with Gasteiger partial charge in [-0.05, 0) is 86.9 Å². The SMILES string of the molecule is O=P(c1ccc(-c2ccccn2)nc1)(c1ccc(-c2ccccn2)nc1)c1ccc2ccc3cccc4ccc1c2c34.